The van der Waals surface area contributed by atoms with Crippen molar-refractivity contribution in [1.82, 2.24) is 0 Å². The number of ether oxygens (including phenoxy) is 1. The molecule has 0 radical (unpaired) electrons. The van der Waals surface area contributed by atoms with Crippen LogP contribution in [0.15, 0.2) is 64.3 Å². The molecule has 4 rings (SSSR count). The molecular weight excluding hydrogens is 403 g/mol. The molecule has 31 heavy (non-hydrogen) atoms. The number of benzene rings is 2. The van der Waals surface area contributed by atoms with Crippen molar-refractivity contribution in [3.63, 3.8) is 0 Å². The molecule has 0 fully saturated rings. The summed E-state index contributed by atoms with van der Waals surface area (Å²) in [7, 11) is 1.63. The molecule has 160 valence electrons. The van der Waals surface area contributed by atoms with E-state index in [-0.39, 0.29) is 12.0 Å². The van der Waals surface area contributed by atoms with E-state index in [2.05, 4.69) is 24.9 Å². The monoisotopic (exact) mass is 426 g/mol. The number of rotatable bonds is 4. The summed E-state index contributed by atoms with van der Waals surface area (Å²) in [5.74, 6) is 0.967. The Kier molecular flexibility index (Phi) is 5.29. The minimum absolute atomic E-state index is 0.168. The molecular formula is C24H23F3N3O+. The van der Waals surface area contributed by atoms with Crippen molar-refractivity contribution < 1.29 is 22.6 Å². The van der Waals surface area contributed by atoms with Gasteiger partial charge in [-0.05, 0) is 53.2 Å². The van der Waals surface area contributed by atoms with Crippen molar-refractivity contribution in [2.24, 2.45) is 16.0 Å². The number of nitrogens with zero attached hydrogens (tertiary/aromatic N) is 3. The fourth-order valence-corrected chi connectivity index (χ4v) is 3.91. The molecule has 2 aromatic carbocycles. The Morgan fingerprint density at radius 1 is 1.06 bits per heavy atom. The summed E-state index contributed by atoms with van der Waals surface area (Å²) in [6.07, 6.45) is -0.935. The van der Waals surface area contributed by atoms with Crippen molar-refractivity contribution in [1.29, 1.82) is 0 Å². The minimum Gasteiger partial charge on any atom is -0.496 e. The van der Waals surface area contributed by atoms with Gasteiger partial charge in [0.1, 0.15) is 5.75 Å². The third-order valence-corrected chi connectivity index (χ3v) is 5.45. The minimum atomic E-state index is -4.40. The molecule has 0 bridgehead atoms. The smallest absolute Gasteiger partial charge is 0.416 e. The van der Waals surface area contributed by atoms with Crippen LogP contribution in [-0.4, -0.2) is 24.2 Å². The van der Waals surface area contributed by atoms with Gasteiger partial charge in [0.05, 0.1) is 18.4 Å². The zero-order valence-corrected chi connectivity index (χ0v) is 17.7. The Hall–Kier alpha value is -3.22. The van der Waals surface area contributed by atoms with Crippen LogP contribution in [0.4, 0.5) is 13.2 Å². The number of aryl methyl sites for hydroxylation is 1. The highest BCUT2D eigenvalue weighted by Crippen LogP contribution is 2.39. The van der Waals surface area contributed by atoms with Crippen molar-refractivity contribution >= 4 is 17.6 Å². The molecule has 0 spiro atoms. The van der Waals surface area contributed by atoms with E-state index in [0.717, 1.165) is 40.3 Å². The molecule has 4 nitrogen and oxygen atoms in total. The summed E-state index contributed by atoms with van der Waals surface area (Å²) in [6, 6.07) is 11.0. The summed E-state index contributed by atoms with van der Waals surface area (Å²) in [5, 5.41) is 4.73. The van der Waals surface area contributed by atoms with Gasteiger partial charge < -0.3 is 4.74 Å². The van der Waals surface area contributed by atoms with Crippen LogP contribution in [-0.2, 0) is 6.18 Å². The summed E-state index contributed by atoms with van der Waals surface area (Å²) in [5.41, 5.74) is 4.20. The van der Waals surface area contributed by atoms with Gasteiger partial charge in [-0.25, -0.2) is 0 Å². The van der Waals surface area contributed by atoms with E-state index in [4.69, 9.17) is 9.85 Å². The molecule has 0 saturated heterocycles. The number of methoxy groups -OCH3 is 1. The number of alkyl halides is 3. The van der Waals surface area contributed by atoms with Gasteiger partial charge in [-0.15, -0.1) is 4.70 Å². The van der Waals surface area contributed by atoms with E-state index < -0.39 is 11.7 Å². The van der Waals surface area contributed by atoms with E-state index in [1.54, 1.807) is 24.2 Å². The molecule has 0 aliphatic carbocycles. The van der Waals surface area contributed by atoms with Crippen LogP contribution in [0.3, 0.4) is 0 Å². The third kappa shape index (κ3) is 3.92. The van der Waals surface area contributed by atoms with Gasteiger partial charge in [0.25, 0.3) is 0 Å². The van der Waals surface area contributed by atoms with E-state index in [1.165, 1.54) is 6.07 Å². The Morgan fingerprint density at radius 3 is 2.48 bits per heavy atom. The molecule has 1 atom stereocenters. The van der Waals surface area contributed by atoms with Gasteiger partial charge in [-0.1, -0.05) is 37.2 Å². The highest BCUT2D eigenvalue weighted by molar-refractivity contribution is 5.82. The maximum Gasteiger partial charge on any atom is 0.416 e. The van der Waals surface area contributed by atoms with Gasteiger partial charge in [-0.2, -0.15) is 13.2 Å². The Balaban J connectivity index is 1.79. The Morgan fingerprint density at radius 2 is 1.84 bits per heavy atom. The van der Waals surface area contributed by atoms with E-state index in [1.807, 2.05) is 25.1 Å². The maximum absolute atomic E-state index is 13.2. The van der Waals surface area contributed by atoms with Gasteiger partial charge in [0.15, 0.2) is 11.7 Å². The first-order valence-corrected chi connectivity index (χ1v) is 10.0. The SMILES string of the molecule is COc1ccc(C2=C(C(C)C)N=[N+]3C=NC(c4cccc(C(F)(F)F)c4)=CC23)cc1C. The molecule has 0 aromatic heterocycles. The second-order valence-corrected chi connectivity index (χ2v) is 7.94. The first-order chi connectivity index (χ1) is 14.7. The molecule has 2 aliphatic rings. The fraction of sp³-hybridized carbons (Fsp3) is 0.292. The van der Waals surface area contributed by atoms with Crippen molar-refractivity contribution in [3.05, 3.63) is 76.5 Å². The first kappa shape index (κ1) is 21.0. The van der Waals surface area contributed by atoms with Crippen LogP contribution in [0.2, 0.25) is 0 Å². The average molecular weight is 426 g/mol. The number of fused-ring (bicyclic) bond motifs is 1. The van der Waals surface area contributed by atoms with Crippen molar-refractivity contribution in [2.75, 3.05) is 7.11 Å². The lowest BCUT2D eigenvalue weighted by Crippen LogP contribution is -2.23. The molecule has 0 saturated carbocycles. The van der Waals surface area contributed by atoms with Crippen LogP contribution in [0.5, 0.6) is 5.75 Å². The van der Waals surface area contributed by atoms with Crippen LogP contribution >= 0.6 is 0 Å². The predicted molar refractivity (Wildman–Crippen MR) is 114 cm³/mol. The first-order valence-electron chi connectivity index (χ1n) is 10.0. The molecule has 0 N–H and O–H groups in total. The highest BCUT2D eigenvalue weighted by atomic mass is 19.4. The van der Waals surface area contributed by atoms with Crippen LogP contribution < -0.4 is 4.74 Å². The molecule has 1 unspecified atom stereocenters. The predicted octanol–water partition coefficient (Wildman–Crippen LogP) is 6.32. The highest BCUT2D eigenvalue weighted by Gasteiger charge is 2.37. The summed E-state index contributed by atoms with van der Waals surface area (Å²) < 4.78 is 46.7. The Bertz CT molecular complexity index is 1160. The van der Waals surface area contributed by atoms with Crippen LogP contribution in [0, 0.1) is 12.8 Å². The number of hydrogen-bond donors (Lipinski definition) is 0. The number of aliphatic imine (C=N–C) groups is 1. The molecule has 2 aromatic rings. The zero-order valence-electron chi connectivity index (χ0n) is 17.7. The van der Waals surface area contributed by atoms with Crippen molar-refractivity contribution in [3.8, 4) is 5.75 Å². The number of allylic oxidation sites excluding steroid dienone is 1. The lowest BCUT2D eigenvalue weighted by atomic mass is 9.91. The van der Waals surface area contributed by atoms with E-state index in [9.17, 15) is 13.2 Å². The number of hydrogen-bond acceptors (Lipinski definition) is 3. The van der Waals surface area contributed by atoms with Crippen molar-refractivity contribution in [2.45, 2.75) is 33.0 Å². The van der Waals surface area contributed by atoms with Gasteiger partial charge in [0, 0.05) is 17.2 Å². The van der Waals surface area contributed by atoms with E-state index in [0.29, 0.717) is 11.3 Å². The lowest BCUT2D eigenvalue weighted by molar-refractivity contribution is -0.479. The summed E-state index contributed by atoms with van der Waals surface area (Å²) in [4.78, 5) is 4.39. The zero-order chi connectivity index (χ0) is 22.3. The van der Waals surface area contributed by atoms with Gasteiger partial charge in [0.2, 0.25) is 0 Å². The summed E-state index contributed by atoms with van der Waals surface area (Å²) in [6.45, 7) is 6.12. The van der Waals surface area contributed by atoms with Gasteiger partial charge in [-0.3, -0.25) is 0 Å². The molecule has 2 heterocycles. The largest absolute Gasteiger partial charge is 0.496 e. The molecule has 2 aliphatic heterocycles. The second-order valence-electron chi connectivity index (χ2n) is 7.94. The van der Waals surface area contributed by atoms with Gasteiger partial charge >= 0.3 is 12.5 Å². The molecule has 7 heteroatoms. The standard InChI is InChI=1S/C24H23F3N3O/c1-14(2)23-22(17-8-9-21(31-4)15(3)10-17)20-12-19(28-13-30(20)29-23)16-6-5-7-18(11-16)24(25,26)27/h5-14,20H,1-4H3/q+1. The molecule has 0 amide bonds. The van der Waals surface area contributed by atoms with E-state index >= 15 is 0 Å². The fourth-order valence-electron chi connectivity index (χ4n) is 3.91. The number of azo groups is 2. The average Bonchev–Trinajstić information content (AvgIpc) is 3.12. The summed E-state index contributed by atoms with van der Waals surface area (Å²) >= 11 is 0. The Labute approximate surface area is 179 Å². The van der Waals surface area contributed by atoms with Crippen LogP contribution in [0.1, 0.15) is 36.1 Å². The normalized spacial score (nSPS) is 18.3. The van der Waals surface area contributed by atoms with Crippen LogP contribution in [0.25, 0.3) is 11.3 Å². The lowest BCUT2D eigenvalue weighted by Gasteiger charge is -2.15. The topological polar surface area (TPSA) is 37.0 Å². The second kappa shape index (κ2) is 7.80. The quantitative estimate of drug-likeness (QED) is 0.527. The third-order valence-electron chi connectivity index (χ3n) is 5.45. The maximum atomic E-state index is 13.2. The number of halogens is 3.